The Bertz CT molecular complexity index is 1100. The van der Waals surface area contributed by atoms with Crippen molar-refractivity contribution in [3.05, 3.63) is 101 Å². The molecular weight excluding hydrogens is 396 g/mol. The summed E-state index contributed by atoms with van der Waals surface area (Å²) >= 11 is 0. The van der Waals surface area contributed by atoms with E-state index >= 15 is 0 Å². The Morgan fingerprint density at radius 3 is 2.06 bits per heavy atom. The third-order valence-electron chi connectivity index (χ3n) is 4.35. The molecule has 156 valence electrons. The molecule has 0 fully saturated rings. The molecule has 7 heteroatoms. The zero-order chi connectivity index (χ0) is 22.2. The molecule has 31 heavy (non-hydrogen) atoms. The van der Waals surface area contributed by atoms with E-state index in [1.807, 2.05) is 0 Å². The predicted molar refractivity (Wildman–Crippen MR) is 117 cm³/mol. The van der Waals surface area contributed by atoms with Crippen LogP contribution in [0.1, 0.15) is 26.3 Å². The second-order valence-electron chi connectivity index (χ2n) is 6.49. The number of amides is 2. The van der Waals surface area contributed by atoms with Gasteiger partial charge in [0.05, 0.1) is 12.7 Å². The van der Waals surface area contributed by atoms with E-state index in [2.05, 4.69) is 10.6 Å². The van der Waals surface area contributed by atoms with Gasteiger partial charge >= 0.3 is 5.97 Å². The monoisotopic (exact) mass is 416 g/mol. The van der Waals surface area contributed by atoms with Crippen molar-refractivity contribution in [2.75, 3.05) is 12.4 Å². The van der Waals surface area contributed by atoms with Crippen LogP contribution in [0, 0.1) is 0 Å². The van der Waals surface area contributed by atoms with Crippen LogP contribution in [0.2, 0.25) is 0 Å². The summed E-state index contributed by atoms with van der Waals surface area (Å²) in [5.74, 6) is -1.39. The fourth-order valence-corrected chi connectivity index (χ4v) is 2.70. The van der Waals surface area contributed by atoms with Crippen LogP contribution in [0.25, 0.3) is 6.08 Å². The van der Waals surface area contributed by atoms with Crippen LogP contribution in [-0.4, -0.2) is 30.0 Å². The molecule has 0 saturated carbocycles. The van der Waals surface area contributed by atoms with E-state index in [1.165, 1.54) is 24.3 Å². The SMILES string of the molecule is COc1ccc(/C=C(/NC(=O)c2ccccc2)C(=O)Nc2ccc(C(=O)O)cc2)cc1. The Morgan fingerprint density at radius 1 is 0.839 bits per heavy atom. The highest BCUT2D eigenvalue weighted by atomic mass is 16.5. The number of carbonyl (C=O) groups is 3. The van der Waals surface area contributed by atoms with Crippen molar-refractivity contribution in [1.82, 2.24) is 5.32 Å². The number of carbonyl (C=O) groups excluding carboxylic acids is 2. The summed E-state index contributed by atoms with van der Waals surface area (Å²) in [6.45, 7) is 0. The molecule has 0 radical (unpaired) electrons. The maximum absolute atomic E-state index is 12.9. The van der Waals surface area contributed by atoms with E-state index in [9.17, 15) is 14.4 Å². The molecule has 0 atom stereocenters. The molecule has 0 saturated heterocycles. The molecule has 3 rings (SSSR count). The predicted octanol–water partition coefficient (Wildman–Crippen LogP) is 3.80. The number of benzene rings is 3. The summed E-state index contributed by atoms with van der Waals surface area (Å²) in [6, 6.07) is 21.2. The first-order valence-electron chi connectivity index (χ1n) is 9.33. The van der Waals surface area contributed by atoms with Gasteiger partial charge in [0, 0.05) is 11.3 Å². The third-order valence-corrected chi connectivity index (χ3v) is 4.35. The van der Waals surface area contributed by atoms with Gasteiger partial charge in [0.15, 0.2) is 0 Å². The van der Waals surface area contributed by atoms with Gasteiger partial charge in [-0.25, -0.2) is 4.79 Å². The zero-order valence-electron chi connectivity index (χ0n) is 16.7. The molecule has 0 aliphatic rings. The van der Waals surface area contributed by atoms with Crippen LogP contribution >= 0.6 is 0 Å². The van der Waals surface area contributed by atoms with Crippen LogP contribution in [0.15, 0.2) is 84.6 Å². The van der Waals surface area contributed by atoms with E-state index in [0.29, 0.717) is 22.6 Å². The van der Waals surface area contributed by atoms with E-state index in [0.717, 1.165) is 0 Å². The Balaban J connectivity index is 1.86. The van der Waals surface area contributed by atoms with Gasteiger partial charge in [0.2, 0.25) is 0 Å². The van der Waals surface area contributed by atoms with Gasteiger partial charge in [-0.05, 0) is 60.2 Å². The number of carboxylic acids is 1. The first-order valence-corrected chi connectivity index (χ1v) is 9.33. The zero-order valence-corrected chi connectivity index (χ0v) is 16.7. The number of anilines is 1. The molecule has 0 bridgehead atoms. The number of carboxylic acid groups (broad SMARTS) is 1. The molecule has 3 aromatic rings. The van der Waals surface area contributed by atoms with Gasteiger partial charge in [-0.2, -0.15) is 0 Å². The highest BCUT2D eigenvalue weighted by Crippen LogP contribution is 2.16. The largest absolute Gasteiger partial charge is 0.497 e. The normalized spacial score (nSPS) is 10.8. The van der Waals surface area contributed by atoms with Gasteiger partial charge in [0.25, 0.3) is 11.8 Å². The number of methoxy groups -OCH3 is 1. The second kappa shape index (κ2) is 9.89. The van der Waals surface area contributed by atoms with Crippen molar-refractivity contribution in [3.63, 3.8) is 0 Å². The van der Waals surface area contributed by atoms with E-state index < -0.39 is 17.8 Å². The lowest BCUT2D eigenvalue weighted by atomic mass is 10.1. The topological polar surface area (TPSA) is 105 Å². The standard InChI is InChI=1S/C24H20N2O5/c1-31-20-13-7-16(8-14-20)15-21(26-22(27)17-5-3-2-4-6-17)23(28)25-19-11-9-18(10-12-19)24(29)30/h2-15H,1H3,(H,25,28)(H,26,27)(H,29,30)/b21-15+. The van der Waals surface area contributed by atoms with E-state index in [1.54, 1.807) is 67.8 Å². The van der Waals surface area contributed by atoms with Crippen LogP contribution in [0.5, 0.6) is 5.75 Å². The van der Waals surface area contributed by atoms with Crippen molar-refractivity contribution in [2.45, 2.75) is 0 Å². The molecule has 0 aliphatic heterocycles. The summed E-state index contributed by atoms with van der Waals surface area (Å²) in [6.07, 6.45) is 1.54. The van der Waals surface area contributed by atoms with E-state index in [4.69, 9.17) is 9.84 Å². The lowest BCUT2D eigenvalue weighted by Gasteiger charge is -2.12. The second-order valence-corrected chi connectivity index (χ2v) is 6.49. The molecule has 3 aromatic carbocycles. The highest BCUT2D eigenvalue weighted by molar-refractivity contribution is 6.10. The van der Waals surface area contributed by atoms with Crippen molar-refractivity contribution >= 4 is 29.5 Å². The van der Waals surface area contributed by atoms with Crippen molar-refractivity contribution < 1.29 is 24.2 Å². The lowest BCUT2D eigenvalue weighted by Crippen LogP contribution is -2.30. The molecule has 0 aromatic heterocycles. The number of aromatic carboxylic acids is 1. The Hall–Kier alpha value is -4.39. The van der Waals surface area contributed by atoms with Gasteiger partial charge in [-0.15, -0.1) is 0 Å². The van der Waals surface area contributed by atoms with Gasteiger partial charge in [-0.3, -0.25) is 9.59 Å². The molecule has 0 heterocycles. The smallest absolute Gasteiger partial charge is 0.335 e. The maximum atomic E-state index is 12.9. The summed E-state index contributed by atoms with van der Waals surface area (Å²) < 4.78 is 5.14. The van der Waals surface area contributed by atoms with Crippen LogP contribution in [-0.2, 0) is 4.79 Å². The van der Waals surface area contributed by atoms with Gasteiger partial charge < -0.3 is 20.5 Å². The first-order chi connectivity index (χ1) is 15.0. The minimum absolute atomic E-state index is 0.0290. The number of ether oxygens (including phenoxy) is 1. The molecule has 0 unspecified atom stereocenters. The molecule has 0 aliphatic carbocycles. The number of rotatable bonds is 7. The summed E-state index contributed by atoms with van der Waals surface area (Å²) in [5.41, 5.74) is 1.61. The molecule has 3 N–H and O–H groups in total. The minimum atomic E-state index is -1.06. The molecule has 7 nitrogen and oxygen atoms in total. The lowest BCUT2D eigenvalue weighted by molar-refractivity contribution is -0.113. The van der Waals surface area contributed by atoms with Gasteiger partial charge in [0.1, 0.15) is 11.4 Å². The third kappa shape index (κ3) is 5.80. The quantitative estimate of drug-likeness (QED) is 0.508. The summed E-state index contributed by atoms with van der Waals surface area (Å²) in [4.78, 5) is 36.5. The Kier molecular flexibility index (Phi) is 6.80. The Labute approximate surface area is 179 Å². The molecule has 2 amide bonds. The first kappa shape index (κ1) is 21.3. The highest BCUT2D eigenvalue weighted by Gasteiger charge is 2.15. The number of hydrogen-bond acceptors (Lipinski definition) is 4. The van der Waals surface area contributed by atoms with Crippen LogP contribution in [0.4, 0.5) is 5.69 Å². The number of nitrogens with one attached hydrogen (secondary N) is 2. The average molecular weight is 416 g/mol. The van der Waals surface area contributed by atoms with Gasteiger partial charge in [-0.1, -0.05) is 30.3 Å². The van der Waals surface area contributed by atoms with E-state index in [-0.39, 0.29) is 11.3 Å². The molecule has 0 spiro atoms. The Morgan fingerprint density at radius 2 is 1.48 bits per heavy atom. The van der Waals surface area contributed by atoms with Crippen molar-refractivity contribution in [2.24, 2.45) is 0 Å². The van der Waals surface area contributed by atoms with Crippen LogP contribution < -0.4 is 15.4 Å². The minimum Gasteiger partial charge on any atom is -0.497 e. The van der Waals surface area contributed by atoms with Crippen LogP contribution in [0.3, 0.4) is 0 Å². The fraction of sp³-hybridized carbons (Fsp3) is 0.0417. The fourth-order valence-electron chi connectivity index (χ4n) is 2.70. The number of hydrogen-bond donors (Lipinski definition) is 3. The summed E-state index contributed by atoms with van der Waals surface area (Å²) in [7, 11) is 1.55. The van der Waals surface area contributed by atoms with Crippen molar-refractivity contribution in [3.8, 4) is 5.75 Å². The summed E-state index contributed by atoms with van der Waals surface area (Å²) in [5, 5.41) is 14.3. The molecular formula is C24H20N2O5. The van der Waals surface area contributed by atoms with Crippen molar-refractivity contribution in [1.29, 1.82) is 0 Å². The average Bonchev–Trinajstić information content (AvgIpc) is 2.80. The maximum Gasteiger partial charge on any atom is 0.335 e.